The van der Waals surface area contributed by atoms with Crippen molar-refractivity contribution in [1.82, 2.24) is 30.6 Å². The molecule has 0 saturated carbocycles. The third kappa shape index (κ3) is 3.99. The molecule has 1 unspecified atom stereocenters. The average Bonchev–Trinajstić information content (AvgIpc) is 2.94. The van der Waals surface area contributed by atoms with Crippen molar-refractivity contribution < 1.29 is 4.79 Å². The van der Waals surface area contributed by atoms with Gasteiger partial charge in [-0.15, -0.1) is 5.10 Å². The molecule has 0 aliphatic carbocycles. The van der Waals surface area contributed by atoms with Crippen LogP contribution in [0.5, 0.6) is 0 Å². The molecule has 2 rings (SSSR count). The molecule has 1 atom stereocenters. The lowest BCUT2D eigenvalue weighted by Crippen LogP contribution is -2.40. The Bertz CT molecular complexity index is 431. The van der Waals surface area contributed by atoms with Gasteiger partial charge in [-0.3, -0.25) is 14.9 Å². The minimum Gasteiger partial charge on any atom is -0.319 e. The highest BCUT2D eigenvalue weighted by atomic mass is 16.2. The van der Waals surface area contributed by atoms with Crippen LogP contribution < -0.4 is 16.6 Å². The summed E-state index contributed by atoms with van der Waals surface area (Å²) in [5.41, 5.74) is 2.30. The van der Waals surface area contributed by atoms with E-state index in [4.69, 9.17) is 5.84 Å². The van der Waals surface area contributed by atoms with Gasteiger partial charge >= 0.3 is 0 Å². The highest BCUT2D eigenvalue weighted by molar-refractivity contribution is 5.91. The van der Waals surface area contributed by atoms with Crippen molar-refractivity contribution in [2.24, 2.45) is 11.8 Å². The fourth-order valence-corrected chi connectivity index (χ4v) is 2.64. The first kappa shape index (κ1) is 14.9. The number of aromatic nitrogens is 3. The molecule has 8 heteroatoms. The van der Waals surface area contributed by atoms with E-state index in [0.717, 1.165) is 38.6 Å². The quantitative estimate of drug-likeness (QED) is 0.344. The van der Waals surface area contributed by atoms with Gasteiger partial charge in [0, 0.05) is 13.1 Å². The van der Waals surface area contributed by atoms with Crippen molar-refractivity contribution in [2.75, 3.05) is 33.2 Å². The number of nitrogens with zero attached hydrogens (tertiary/aromatic N) is 4. The van der Waals surface area contributed by atoms with Crippen LogP contribution in [0.25, 0.3) is 0 Å². The first-order valence-corrected chi connectivity index (χ1v) is 7.01. The summed E-state index contributed by atoms with van der Waals surface area (Å²) >= 11 is 0. The third-order valence-electron chi connectivity index (χ3n) is 3.64. The van der Waals surface area contributed by atoms with Crippen LogP contribution in [0.4, 0.5) is 0 Å². The Hall–Kier alpha value is -1.51. The summed E-state index contributed by atoms with van der Waals surface area (Å²) in [6.07, 6.45) is 4.16. The topological polar surface area (TPSA) is 101 Å². The van der Waals surface area contributed by atoms with Crippen molar-refractivity contribution in [2.45, 2.75) is 19.4 Å². The van der Waals surface area contributed by atoms with Crippen molar-refractivity contribution in [3.8, 4) is 0 Å². The average molecular weight is 281 g/mol. The number of carbonyl (C=O) groups excluding carboxylic acids is 1. The molecule has 1 aliphatic heterocycles. The molecule has 20 heavy (non-hydrogen) atoms. The van der Waals surface area contributed by atoms with Crippen LogP contribution in [0.3, 0.4) is 0 Å². The van der Waals surface area contributed by atoms with Gasteiger partial charge in [-0.2, -0.15) is 0 Å². The second-order valence-corrected chi connectivity index (χ2v) is 5.21. The Labute approximate surface area is 118 Å². The predicted molar refractivity (Wildman–Crippen MR) is 74.8 cm³/mol. The van der Waals surface area contributed by atoms with Gasteiger partial charge in [-0.1, -0.05) is 5.21 Å². The highest BCUT2D eigenvalue weighted by Gasteiger charge is 2.19. The van der Waals surface area contributed by atoms with Crippen LogP contribution in [-0.2, 0) is 6.54 Å². The molecule has 4 N–H and O–H groups in total. The number of rotatable bonds is 6. The maximum Gasteiger partial charge on any atom is 0.287 e. The van der Waals surface area contributed by atoms with Crippen LogP contribution >= 0.6 is 0 Å². The molecular formula is C12H23N7O. The molecule has 8 nitrogen and oxygen atoms in total. The Morgan fingerprint density at radius 2 is 2.40 bits per heavy atom. The van der Waals surface area contributed by atoms with Crippen molar-refractivity contribution in [3.05, 3.63) is 11.9 Å². The zero-order valence-electron chi connectivity index (χ0n) is 11.9. The SMILES string of the molecule is CNCC1CCCN(CCn2cc(C(=O)NN)nn2)C1. The number of nitrogen functional groups attached to an aromatic ring is 1. The zero-order valence-corrected chi connectivity index (χ0v) is 11.9. The third-order valence-corrected chi connectivity index (χ3v) is 3.64. The first-order chi connectivity index (χ1) is 9.72. The van der Waals surface area contributed by atoms with Gasteiger partial charge in [-0.25, -0.2) is 5.84 Å². The van der Waals surface area contributed by atoms with Crippen LogP contribution in [-0.4, -0.2) is 59.0 Å². The van der Waals surface area contributed by atoms with Gasteiger partial charge < -0.3 is 10.2 Å². The lowest BCUT2D eigenvalue weighted by atomic mass is 9.98. The number of hydrazine groups is 1. The first-order valence-electron chi connectivity index (χ1n) is 7.01. The number of amides is 1. The molecule has 112 valence electrons. The van der Waals surface area contributed by atoms with Gasteiger partial charge in [-0.05, 0) is 38.9 Å². The molecule has 1 fully saturated rings. The monoisotopic (exact) mass is 281 g/mol. The van der Waals surface area contributed by atoms with Crippen molar-refractivity contribution in [1.29, 1.82) is 0 Å². The van der Waals surface area contributed by atoms with E-state index in [2.05, 4.69) is 20.5 Å². The van der Waals surface area contributed by atoms with E-state index in [1.54, 1.807) is 10.9 Å². The second-order valence-electron chi connectivity index (χ2n) is 5.21. The Morgan fingerprint density at radius 3 is 3.15 bits per heavy atom. The van der Waals surface area contributed by atoms with E-state index in [-0.39, 0.29) is 5.69 Å². The molecule has 1 amide bonds. The number of carbonyl (C=O) groups is 1. The molecular weight excluding hydrogens is 258 g/mol. The lowest BCUT2D eigenvalue weighted by Gasteiger charge is -2.32. The fraction of sp³-hybridized carbons (Fsp3) is 0.750. The summed E-state index contributed by atoms with van der Waals surface area (Å²) in [5.74, 6) is 5.37. The van der Waals surface area contributed by atoms with Gasteiger partial charge in [0.05, 0.1) is 12.7 Å². The number of nitrogens with one attached hydrogen (secondary N) is 2. The number of likely N-dealkylation sites (tertiary alicyclic amines) is 1. The van der Waals surface area contributed by atoms with E-state index in [1.165, 1.54) is 12.8 Å². The number of hydrogen-bond donors (Lipinski definition) is 3. The smallest absolute Gasteiger partial charge is 0.287 e. The molecule has 1 saturated heterocycles. The van der Waals surface area contributed by atoms with E-state index in [0.29, 0.717) is 0 Å². The van der Waals surface area contributed by atoms with Crippen molar-refractivity contribution >= 4 is 5.91 Å². The predicted octanol–water partition coefficient (Wildman–Crippen LogP) is -1.19. The van der Waals surface area contributed by atoms with E-state index < -0.39 is 5.91 Å². The van der Waals surface area contributed by atoms with Crippen LogP contribution in [0.1, 0.15) is 23.3 Å². The van der Waals surface area contributed by atoms with Crippen molar-refractivity contribution in [3.63, 3.8) is 0 Å². The zero-order chi connectivity index (χ0) is 14.4. The maximum atomic E-state index is 11.3. The molecule has 0 radical (unpaired) electrons. The van der Waals surface area contributed by atoms with Gasteiger partial charge in [0.1, 0.15) is 0 Å². The largest absolute Gasteiger partial charge is 0.319 e. The normalized spacial score (nSPS) is 20.0. The number of nitrogens with two attached hydrogens (primary N) is 1. The Balaban J connectivity index is 1.79. The summed E-state index contributed by atoms with van der Waals surface area (Å²) in [7, 11) is 2.00. The van der Waals surface area contributed by atoms with E-state index in [9.17, 15) is 4.79 Å². The highest BCUT2D eigenvalue weighted by Crippen LogP contribution is 2.15. The molecule has 1 aromatic rings. The summed E-state index contributed by atoms with van der Waals surface area (Å²) < 4.78 is 1.69. The Kier molecular flexibility index (Phi) is 5.45. The van der Waals surface area contributed by atoms with Crippen LogP contribution in [0.2, 0.25) is 0 Å². The molecule has 0 bridgehead atoms. The molecule has 0 aromatic carbocycles. The lowest BCUT2D eigenvalue weighted by molar-refractivity contribution is 0.0948. The summed E-state index contributed by atoms with van der Waals surface area (Å²) in [4.78, 5) is 13.7. The molecule has 2 heterocycles. The maximum absolute atomic E-state index is 11.3. The minimum absolute atomic E-state index is 0.249. The summed E-state index contributed by atoms with van der Waals surface area (Å²) in [5, 5.41) is 11.0. The molecule has 1 aliphatic rings. The van der Waals surface area contributed by atoms with Gasteiger partial charge in [0.2, 0.25) is 0 Å². The van der Waals surface area contributed by atoms with Gasteiger partial charge in [0.15, 0.2) is 5.69 Å². The summed E-state index contributed by atoms with van der Waals surface area (Å²) in [6, 6.07) is 0. The minimum atomic E-state index is -0.414. The van der Waals surface area contributed by atoms with E-state index >= 15 is 0 Å². The fourth-order valence-electron chi connectivity index (χ4n) is 2.64. The molecule has 1 aromatic heterocycles. The Morgan fingerprint density at radius 1 is 1.55 bits per heavy atom. The van der Waals surface area contributed by atoms with Crippen LogP contribution in [0, 0.1) is 5.92 Å². The number of hydrogen-bond acceptors (Lipinski definition) is 6. The number of piperidine rings is 1. The second kappa shape index (κ2) is 7.32. The van der Waals surface area contributed by atoms with E-state index in [1.807, 2.05) is 12.5 Å². The standard InChI is InChI=1S/C12H23N7O/c1-14-7-10-3-2-4-18(8-10)5-6-19-9-11(16-17-19)12(20)15-13/h9-10,14H,2-8,13H2,1H3,(H,15,20). The van der Waals surface area contributed by atoms with Crippen LogP contribution in [0.15, 0.2) is 6.20 Å². The molecule has 0 spiro atoms. The summed E-state index contributed by atoms with van der Waals surface area (Å²) in [6.45, 7) is 4.97. The van der Waals surface area contributed by atoms with Gasteiger partial charge in [0.25, 0.3) is 5.91 Å².